The number of aromatic nitrogens is 1. The van der Waals surface area contributed by atoms with Crippen LogP contribution < -0.4 is 4.90 Å². The predicted octanol–water partition coefficient (Wildman–Crippen LogP) is 2.26. The zero-order valence-electron chi connectivity index (χ0n) is 13.3. The molecule has 0 spiro atoms. The highest BCUT2D eigenvalue weighted by Crippen LogP contribution is 2.27. The van der Waals surface area contributed by atoms with Gasteiger partial charge in [-0.15, -0.1) is 0 Å². The van der Waals surface area contributed by atoms with Crippen LogP contribution in [0.5, 0.6) is 0 Å². The maximum atomic E-state index is 11.7. The van der Waals surface area contributed by atoms with Crippen LogP contribution >= 0.6 is 11.3 Å². The van der Waals surface area contributed by atoms with Gasteiger partial charge in [0.15, 0.2) is 5.13 Å². The molecule has 5 nitrogen and oxygen atoms in total. The van der Waals surface area contributed by atoms with Gasteiger partial charge in [-0.3, -0.25) is 0 Å². The first-order valence-electron chi connectivity index (χ1n) is 6.80. The Morgan fingerprint density at radius 2 is 2.00 bits per heavy atom. The number of nitrogens with zero attached hydrogens (tertiary/aromatic N) is 3. The third kappa shape index (κ3) is 4.76. The van der Waals surface area contributed by atoms with Crippen LogP contribution in [0.15, 0.2) is 0 Å². The lowest BCUT2D eigenvalue weighted by atomic mass is 10.2. The molecule has 1 rings (SSSR count). The summed E-state index contributed by atoms with van der Waals surface area (Å²) in [5.41, 5.74) is 0.746. The maximum Gasteiger partial charge on any atom is 0.350 e. The smallest absolute Gasteiger partial charge is 0.350 e. The third-order valence-electron chi connectivity index (χ3n) is 2.83. The highest BCUT2D eigenvalue weighted by atomic mass is 32.1. The first-order chi connectivity index (χ1) is 9.35. The van der Waals surface area contributed by atoms with E-state index in [1.165, 1.54) is 18.4 Å². The Labute approximate surface area is 125 Å². The number of likely N-dealkylation sites (N-methyl/N-ethyl adjacent to an activating group) is 1. The zero-order valence-corrected chi connectivity index (χ0v) is 14.1. The van der Waals surface area contributed by atoms with Crippen molar-refractivity contribution in [3.63, 3.8) is 0 Å². The van der Waals surface area contributed by atoms with Crippen LogP contribution in [0.4, 0.5) is 5.13 Å². The number of hydrogen-bond acceptors (Lipinski definition) is 6. The van der Waals surface area contributed by atoms with E-state index >= 15 is 0 Å². The number of carbonyl (C=O) groups excluding carboxylic acids is 1. The Kier molecular flexibility index (Phi) is 6.42. The van der Waals surface area contributed by atoms with Crippen molar-refractivity contribution in [2.45, 2.75) is 20.8 Å². The summed E-state index contributed by atoms with van der Waals surface area (Å²) >= 11 is 1.42. The molecule has 0 aliphatic heterocycles. The molecule has 114 valence electrons. The normalized spacial score (nSPS) is 11.2. The van der Waals surface area contributed by atoms with E-state index in [0.717, 1.165) is 30.5 Å². The number of methoxy groups -OCH3 is 1. The van der Waals surface area contributed by atoms with Crippen molar-refractivity contribution in [1.29, 1.82) is 0 Å². The number of carbonyl (C=O) groups is 1. The van der Waals surface area contributed by atoms with E-state index in [0.29, 0.717) is 10.8 Å². The van der Waals surface area contributed by atoms with Gasteiger partial charge in [0, 0.05) is 19.6 Å². The largest absolute Gasteiger partial charge is 0.465 e. The summed E-state index contributed by atoms with van der Waals surface area (Å²) < 4.78 is 4.79. The van der Waals surface area contributed by atoms with E-state index in [2.05, 4.69) is 42.7 Å². The first kappa shape index (κ1) is 16.9. The molecule has 0 unspecified atom stereocenters. The number of aryl methyl sites for hydroxylation is 1. The van der Waals surface area contributed by atoms with Crippen molar-refractivity contribution in [3.8, 4) is 0 Å². The van der Waals surface area contributed by atoms with Gasteiger partial charge in [0.05, 0.1) is 12.8 Å². The topological polar surface area (TPSA) is 45.7 Å². The Hall–Kier alpha value is -1.14. The Balaban J connectivity index is 2.92. The molecule has 0 aromatic carbocycles. The van der Waals surface area contributed by atoms with Crippen LogP contribution in [0.2, 0.25) is 0 Å². The van der Waals surface area contributed by atoms with Gasteiger partial charge in [-0.05, 0) is 26.9 Å². The standard InChI is InChI=1S/C14H25N3O2S/c1-10(2)9-17(8-7-16(4)5)14-15-11(3)12(20-14)13(18)19-6/h10H,7-9H2,1-6H3. The van der Waals surface area contributed by atoms with E-state index in [9.17, 15) is 4.79 Å². The number of rotatable bonds is 7. The minimum atomic E-state index is -0.302. The number of ether oxygens (including phenoxy) is 1. The molecule has 0 saturated carbocycles. The Morgan fingerprint density at radius 1 is 1.35 bits per heavy atom. The molecule has 0 aliphatic rings. The van der Waals surface area contributed by atoms with Crippen LogP contribution in [0.3, 0.4) is 0 Å². The van der Waals surface area contributed by atoms with Gasteiger partial charge in [0.1, 0.15) is 4.88 Å². The van der Waals surface area contributed by atoms with Crippen molar-refractivity contribution < 1.29 is 9.53 Å². The van der Waals surface area contributed by atoms with Gasteiger partial charge in [0.25, 0.3) is 0 Å². The highest BCUT2D eigenvalue weighted by Gasteiger charge is 2.19. The molecule has 1 aromatic heterocycles. The average Bonchev–Trinajstić information content (AvgIpc) is 2.75. The first-order valence-corrected chi connectivity index (χ1v) is 7.62. The summed E-state index contributed by atoms with van der Waals surface area (Å²) in [6, 6.07) is 0. The van der Waals surface area contributed by atoms with Gasteiger partial charge < -0.3 is 14.5 Å². The monoisotopic (exact) mass is 299 g/mol. The molecule has 0 atom stereocenters. The van der Waals surface area contributed by atoms with Crippen molar-refractivity contribution in [2.24, 2.45) is 5.92 Å². The fourth-order valence-electron chi connectivity index (χ4n) is 1.83. The summed E-state index contributed by atoms with van der Waals surface area (Å²) in [5.74, 6) is 0.242. The quantitative estimate of drug-likeness (QED) is 0.723. The number of hydrogen-bond donors (Lipinski definition) is 0. The van der Waals surface area contributed by atoms with Crippen LogP contribution in [0.25, 0.3) is 0 Å². The number of esters is 1. The van der Waals surface area contributed by atoms with Gasteiger partial charge in [-0.25, -0.2) is 9.78 Å². The molecule has 0 amide bonds. The molecular weight excluding hydrogens is 274 g/mol. The molecule has 1 aromatic rings. The van der Waals surface area contributed by atoms with Crippen LogP contribution in [-0.2, 0) is 4.74 Å². The summed E-state index contributed by atoms with van der Waals surface area (Å²) in [7, 11) is 5.51. The molecule has 1 heterocycles. The van der Waals surface area contributed by atoms with Crippen molar-refractivity contribution in [2.75, 3.05) is 45.7 Å². The van der Waals surface area contributed by atoms with Crippen LogP contribution in [-0.4, -0.2) is 56.7 Å². The van der Waals surface area contributed by atoms with Gasteiger partial charge in [-0.2, -0.15) is 0 Å². The third-order valence-corrected chi connectivity index (χ3v) is 4.03. The zero-order chi connectivity index (χ0) is 15.3. The minimum Gasteiger partial charge on any atom is -0.465 e. The summed E-state index contributed by atoms with van der Waals surface area (Å²) in [5, 5.41) is 0.901. The molecule has 20 heavy (non-hydrogen) atoms. The second kappa shape index (κ2) is 7.59. The average molecular weight is 299 g/mol. The highest BCUT2D eigenvalue weighted by molar-refractivity contribution is 7.17. The fourth-order valence-corrected chi connectivity index (χ4v) is 2.85. The summed E-state index contributed by atoms with van der Waals surface area (Å²) in [4.78, 5) is 21.2. The summed E-state index contributed by atoms with van der Waals surface area (Å²) in [6.07, 6.45) is 0. The van der Waals surface area contributed by atoms with E-state index in [-0.39, 0.29) is 5.97 Å². The summed E-state index contributed by atoms with van der Waals surface area (Å²) in [6.45, 7) is 9.01. The minimum absolute atomic E-state index is 0.302. The maximum absolute atomic E-state index is 11.7. The second-order valence-corrected chi connectivity index (χ2v) is 6.52. The van der Waals surface area contributed by atoms with E-state index in [1.54, 1.807) is 0 Å². The fraction of sp³-hybridized carbons (Fsp3) is 0.714. The molecule has 0 N–H and O–H groups in total. The lowest BCUT2D eigenvalue weighted by molar-refractivity contribution is 0.0605. The predicted molar refractivity (Wildman–Crippen MR) is 83.8 cm³/mol. The number of thiazole rings is 1. The van der Waals surface area contributed by atoms with E-state index in [4.69, 9.17) is 4.74 Å². The van der Waals surface area contributed by atoms with Crippen LogP contribution in [0, 0.1) is 12.8 Å². The molecular formula is C14H25N3O2S. The molecule has 0 bridgehead atoms. The van der Waals surface area contributed by atoms with E-state index < -0.39 is 0 Å². The number of anilines is 1. The van der Waals surface area contributed by atoms with Crippen molar-refractivity contribution in [3.05, 3.63) is 10.6 Å². The van der Waals surface area contributed by atoms with Gasteiger partial charge in [-0.1, -0.05) is 25.2 Å². The molecule has 0 saturated heterocycles. The molecule has 0 aliphatic carbocycles. The lowest BCUT2D eigenvalue weighted by Gasteiger charge is -2.25. The van der Waals surface area contributed by atoms with Crippen molar-refractivity contribution in [1.82, 2.24) is 9.88 Å². The Morgan fingerprint density at radius 3 is 2.50 bits per heavy atom. The van der Waals surface area contributed by atoms with E-state index in [1.807, 2.05) is 6.92 Å². The van der Waals surface area contributed by atoms with Gasteiger partial charge in [0.2, 0.25) is 0 Å². The van der Waals surface area contributed by atoms with Crippen LogP contribution in [0.1, 0.15) is 29.2 Å². The molecule has 6 heteroatoms. The molecule has 0 fully saturated rings. The van der Waals surface area contributed by atoms with Gasteiger partial charge >= 0.3 is 5.97 Å². The van der Waals surface area contributed by atoms with Crippen molar-refractivity contribution >= 4 is 22.4 Å². The second-order valence-electron chi connectivity index (χ2n) is 5.55. The lowest BCUT2D eigenvalue weighted by Crippen LogP contribution is -2.34. The Bertz CT molecular complexity index is 444. The SMILES string of the molecule is COC(=O)c1sc(N(CCN(C)C)CC(C)C)nc1C. The molecule has 0 radical (unpaired) electrons.